The lowest BCUT2D eigenvalue weighted by Gasteiger charge is -2.09. The zero-order chi connectivity index (χ0) is 16.4. The van der Waals surface area contributed by atoms with E-state index in [0.29, 0.717) is 0 Å². The van der Waals surface area contributed by atoms with Crippen molar-refractivity contribution in [2.75, 3.05) is 0 Å². The topological polar surface area (TPSA) is 12.9 Å². The summed E-state index contributed by atoms with van der Waals surface area (Å²) in [6.45, 7) is 0. The van der Waals surface area contributed by atoms with Gasteiger partial charge in [-0.15, -0.1) is 0 Å². The second-order valence-electron chi connectivity index (χ2n) is 6.93. The number of nitrogens with zero attached hydrogens (tertiary/aromatic N) is 1. The van der Waals surface area contributed by atoms with E-state index >= 15 is 0 Å². The fraction of sp³-hybridized carbons (Fsp3) is 0.0417. The Bertz CT molecular complexity index is 1310. The van der Waals surface area contributed by atoms with Gasteiger partial charge < -0.3 is 0 Å². The molecule has 5 aromatic rings. The molecule has 1 aliphatic rings. The first kappa shape index (κ1) is 13.1. The molecule has 0 fully saturated rings. The Morgan fingerprint density at radius 3 is 2.40 bits per heavy atom. The zero-order valence-electron chi connectivity index (χ0n) is 13.7. The minimum absolute atomic E-state index is 1.01. The van der Waals surface area contributed by atoms with E-state index in [1.807, 2.05) is 12.4 Å². The lowest BCUT2D eigenvalue weighted by atomic mass is 9.94. The van der Waals surface area contributed by atoms with Crippen LogP contribution in [0.4, 0.5) is 0 Å². The highest BCUT2D eigenvalue weighted by Crippen LogP contribution is 2.43. The first-order valence-corrected chi connectivity index (χ1v) is 8.68. The summed E-state index contributed by atoms with van der Waals surface area (Å²) in [5, 5.41) is 7.78. The van der Waals surface area contributed by atoms with E-state index < -0.39 is 0 Å². The molecule has 0 radical (unpaired) electrons. The Morgan fingerprint density at radius 1 is 0.640 bits per heavy atom. The van der Waals surface area contributed by atoms with Gasteiger partial charge in [-0.1, -0.05) is 36.4 Å². The quantitative estimate of drug-likeness (QED) is 0.308. The van der Waals surface area contributed by atoms with Crippen molar-refractivity contribution in [1.82, 2.24) is 4.98 Å². The molecule has 4 aromatic carbocycles. The van der Waals surface area contributed by atoms with E-state index in [9.17, 15) is 0 Å². The van der Waals surface area contributed by atoms with Crippen LogP contribution in [0.5, 0.6) is 0 Å². The summed E-state index contributed by atoms with van der Waals surface area (Å²) in [4.78, 5) is 4.27. The third-order valence-electron chi connectivity index (χ3n) is 5.49. The van der Waals surface area contributed by atoms with E-state index in [-0.39, 0.29) is 0 Å². The summed E-state index contributed by atoms with van der Waals surface area (Å²) >= 11 is 0. The molecule has 1 aromatic heterocycles. The maximum atomic E-state index is 4.27. The maximum Gasteiger partial charge on any atom is 0.0346 e. The van der Waals surface area contributed by atoms with Gasteiger partial charge in [-0.05, 0) is 85.9 Å². The molecular weight excluding hydrogens is 302 g/mol. The van der Waals surface area contributed by atoms with Crippen molar-refractivity contribution in [3.05, 3.63) is 90.3 Å². The van der Waals surface area contributed by atoms with Gasteiger partial charge in [0, 0.05) is 17.8 Å². The Hall–Kier alpha value is -3.19. The molecule has 25 heavy (non-hydrogen) atoms. The maximum absolute atomic E-state index is 4.27. The van der Waals surface area contributed by atoms with E-state index in [2.05, 4.69) is 71.7 Å². The summed E-state index contributed by atoms with van der Waals surface area (Å²) in [6.07, 6.45) is 4.85. The van der Waals surface area contributed by atoms with Crippen molar-refractivity contribution in [1.29, 1.82) is 0 Å². The van der Waals surface area contributed by atoms with Gasteiger partial charge in [-0.25, -0.2) is 0 Å². The zero-order valence-corrected chi connectivity index (χ0v) is 13.7. The molecule has 0 unspecified atom stereocenters. The molecule has 0 aliphatic heterocycles. The van der Waals surface area contributed by atoms with Crippen LogP contribution in [0.3, 0.4) is 0 Å². The fourth-order valence-corrected chi connectivity index (χ4v) is 4.29. The van der Waals surface area contributed by atoms with Crippen molar-refractivity contribution in [3.63, 3.8) is 0 Å². The third kappa shape index (κ3) is 1.81. The number of pyridine rings is 1. The second kappa shape index (κ2) is 4.67. The molecule has 1 aliphatic carbocycles. The molecule has 0 atom stereocenters. The molecule has 0 spiro atoms. The Balaban J connectivity index is 1.74. The van der Waals surface area contributed by atoms with E-state index in [1.54, 1.807) is 0 Å². The van der Waals surface area contributed by atoms with Crippen molar-refractivity contribution in [2.45, 2.75) is 6.42 Å². The molecule has 0 N–H and O–H groups in total. The number of fused-ring (bicyclic) bond motifs is 7. The molecule has 0 bridgehead atoms. The minimum Gasteiger partial charge on any atom is -0.264 e. The van der Waals surface area contributed by atoms with E-state index in [1.165, 1.54) is 54.6 Å². The minimum atomic E-state index is 1.01. The van der Waals surface area contributed by atoms with Crippen LogP contribution in [0.25, 0.3) is 43.4 Å². The third-order valence-corrected chi connectivity index (χ3v) is 5.49. The molecule has 1 heteroatoms. The average molecular weight is 317 g/mol. The molecule has 0 amide bonds. The molecule has 0 saturated carbocycles. The summed E-state index contributed by atoms with van der Waals surface area (Å²) in [5.41, 5.74) is 5.64. The normalized spacial score (nSPS) is 12.6. The first-order chi connectivity index (χ1) is 12.4. The smallest absolute Gasteiger partial charge is 0.0346 e. The Kier molecular flexibility index (Phi) is 2.46. The van der Waals surface area contributed by atoms with Crippen molar-refractivity contribution < 1.29 is 0 Å². The predicted octanol–water partition coefficient (Wildman–Crippen LogP) is 6.11. The van der Waals surface area contributed by atoms with E-state index in [0.717, 1.165) is 6.42 Å². The van der Waals surface area contributed by atoms with Crippen molar-refractivity contribution in [2.24, 2.45) is 0 Å². The first-order valence-electron chi connectivity index (χ1n) is 8.68. The van der Waals surface area contributed by atoms with Gasteiger partial charge in [0.1, 0.15) is 0 Å². The lowest BCUT2D eigenvalue weighted by molar-refractivity contribution is 1.27. The molecule has 1 nitrogen and oxygen atoms in total. The van der Waals surface area contributed by atoms with Crippen LogP contribution >= 0.6 is 0 Å². The molecule has 1 heterocycles. The number of aromatic nitrogens is 1. The highest BCUT2D eigenvalue weighted by atomic mass is 14.6. The summed E-state index contributed by atoms with van der Waals surface area (Å²) in [5.74, 6) is 0. The monoisotopic (exact) mass is 317 g/mol. The highest BCUT2D eigenvalue weighted by Gasteiger charge is 2.21. The SMILES string of the molecule is c1ccc2cc3c4c(ccc3cc2c1)Cc1cc2cnccc2cc1-4. The van der Waals surface area contributed by atoms with Crippen LogP contribution in [0, 0.1) is 0 Å². The Labute approximate surface area is 145 Å². The second-order valence-corrected chi connectivity index (χ2v) is 6.93. The summed E-state index contributed by atoms with van der Waals surface area (Å²) < 4.78 is 0. The summed E-state index contributed by atoms with van der Waals surface area (Å²) in [6, 6.07) is 24.6. The van der Waals surface area contributed by atoms with Crippen molar-refractivity contribution in [3.8, 4) is 11.1 Å². The average Bonchev–Trinajstić information content (AvgIpc) is 3.02. The van der Waals surface area contributed by atoms with Gasteiger partial charge in [0.25, 0.3) is 0 Å². The van der Waals surface area contributed by atoms with Crippen molar-refractivity contribution >= 4 is 32.3 Å². The molecular formula is C24H15N. The number of rotatable bonds is 0. The lowest BCUT2D eigenvalue weighted by Crippen LogP contribution is -1.84. The molecule has 6 rings (SSSR count). The molecule has 116 valence electrons. The van der Waals surface area contributed by atoms with Gasteiger partial charge in [0.15, 0.2) is 0 Å². The van der Waals surface area contributed by atoms with Crippen LogP contribution in [0.15, 0.2) is 79.1 Å². The van der Waals surface area contributed by atoms with Crippen LogP contribution in [0.2, 0.25) is 0 Å². The van der Waals surface area contributed by atoms with Gasteiger partial charge in [-0.3, -0.25) is 4.98 Å². The van der Waals surface area contributed by atoms with Crippen LogP contribution in [0.1, 0.15) is 11.1 Å². The Morgan fingerprint density at radius 2 is 1.48 bits per heavy atom. The highest BCUT2D eigenvalue weighted by molar-refractivity contribution is 6.08. The standard InChI is InChI=1S/C24H15N/c1-2-4-16-12-22-18(9-15(16)3-1)5-6-19-10-20-11-21-14-25-8-7-17(21)13-23(20)24(19)22/h1-9,11-14H,10H2. The fourth-order valence-electron chi connectivity index (χ4n) is 4.29. The van der Waals surface area contributed by atoms with E-state index in [4.69, 9.17) is 0 Å². The van der Waals surface area contributed by atoms with Crippen LogP contribution in [-0.4, -0.2) is 4.98 Å². The predicted molar refractivity (Wildman–Crippen MR) is 105 cm³/mol. The number of hydrogen-bond donors (Lipinski definition) is 0. The van der Waals surface area contributed by atoms with Crippen LogP contribution in [-0.2, 0) is 6.42 Å². The molecule has 0 saturated heterocycles. The van der Waals surface area contributed by atoms with Gasteiger partial charge in [0.2, 0.25) is 0 Å². The van der Waals surface area contributed by atoms with Gasteiger partial charge in [0.05, 0.1) is 0 Å². The summed E-state index contributed by atoms with van der Waals surface area (Å²) in [7, 11) is 0. The van der Waals surface area contributed by atoms with Gasteiger partial charge >= 0.3 is 0 Å². The number of hydrogen-bond acceptors (Lipinski definition) is 1. The number of benzene rings is 4. The van der Waals surface area contributed by atoms with Crippen LogP contribution < -0.4 is 0 Å². The van der Waals surface area contributed by atoms with Gasteiger partial charge in [-0.2, -0.15) is 0 Å². The largest absolute Gasteiger partial charge is 0.264 e.